The highest BCUT2D eigenvalue weighted by Crippen LogP contribution is 2.18. The van der Waals surface area contributed by atoms with Gasteiger partial charge < -0.3 is 4.74 Å². The molecule has 1 aromatic heterocycles. The summed E-state index contributed by atoms with van der Waals surface area (Å²) < 4.78 is 7.52. The summed E-state index contributed by atoms with van der Waals surface area (Å²) in [6.45, 7) is 4.03. The molecule has 0 aliphatic carbocycles. The second-order valence-electron chi connectivity index (χ2n) is 6.03. The van der Waals surface area contributed by atoms with Crippen LogP contribution in [0.15, 0.2) is 50.8 Å². The number of aryl methyl sites for hydroxylation is 2. The van der Waals surface area contributed by atoms with Gasteiger partial charge >= 0.3 is 0 Å². The number of rotatable bonds is 5. The summed E-state index contributed by atoms with van der Waals surface area (Å²) >= 11 is 3.41. The highest BCUT2D eigenvalue weighted by Gasteiger charge is 2.10. The molecule has 3 rings (SSSR count). The first kappa shape index (κ1) is 18.3. The normalized spacial score (nSPS) is 11.4. The van der Waals surface area contributed by atoms with Crippen molar-refractivity contribution in [3.63, 3.8) is 0 Å². The summed E-state index contributed by atoms with van der Waals surface area (Å²) in [7, 11) is 1.64. The van der Waals surface area contributed by atoms with Crippen molar-refractivity contribution in [3.8, 4) is 5.75 Å². The smallest absolute Gasteiger partial charge is 0.282 e. The number of fused-ring (bicyclic) bond motifs is 1. The van der Waals surface area contributed by atoms with Crippen LogP contribution in [0, 0.1) is 6.92 Å². The number of ether oxygens (including phenoxy) is 1. The summed E-state index contributed by atoms with van der Waals surface area (Å²) in [6.07, 6.45) is 3.24. The van der Waals surface area contributed by atoms with E-state index in [1.54, 1.807) is 19.4 Å². The quantitative estimate of drug-likeness (QED) is 0.585. The van der Waals surface area contributed by atoms with Crippen LogP contribution in [0.2, 0.25) is 0 Å². The van der Waals surface area contributed by atoms with E-state index in [2.05, 4.69) is 32.9 Å². The first-order valence-electron chi connectivity index (χ1n) is 8.43. The lowest BCUT2D eigenvalue weighted by molar-refractivity contribution is 0.411. The molecule has 0 spiro atoms. The van der Waals surface area contributed by atoms with Crippen LogP contribution >= 0.6 is 15.9 Å². The third-order valence-electron chi connectivity index (χ3n) is 4.09. The molecule has 0 aliphatic rings. The molecule has 0 atom stereocenters. The Labute approximate surface area is 160 Å². The molecular weight excluding hydrogens is 394 g/mol. The molecule has 3 aromatic rings. The molecule has 0 saturated heterocycles. The largest absolute Gasteiger partial charge is 0.496 e. The molecule has 1 heterocycles. The third kappa shape index (κ3) is 3.70. The molecule has 134 valence electrons. The van der Waals surface area contributed by atoms with Crippen molar-refractivity contribution in [2.75, 3.05) is 7.11 Å². The first-order valence-corrected chi connectivity index (χ1v) is 9.23. The van der Waals surface area contributed by atoms with Gasteiger partial charge in [0.2, 0.25) is 0 Å². The van der Waals surface area contributed by atoms with Gasteiger partial charge in [-0.05, 0) is 60.9 Å². The molecule has 6 heteroatoms. The zero-order valence-corrected chi connectivity index (χ0v) is 16.6. The van der Waals surface area contributed by atoms with Crippen LogP contribution in [0.5, 0.6) is 5.75 Å². The summed E-state index contributed by atoms with van der Waals surface area (Å²) in [5.74, 6) is 1.48. The zero-order valence-electron chi connectivity index (χ0n) is 15.0. The van der Waals surface area contributed by atoms with Crippen LogP contribution in [-0.2, 0) is 6.42 Å². The van der Waals surface area contributed by atoms with Crippen LogP contribution in [0.1, 0.15) is 30.3 Å². The molecule has 0 unspecified atom stereocenters. The van der Waals surface area contributed by atoms with Crippen LogP contribution in [-0.4, -0.2) is 23.0 Å². The monoisotopic (exact) mass is 413 g/mol. The lowest BCUT2D eigenvalue weighted by Crippen LogP contribution is -2.22. The fourth-order valence-corrected chi connectivity index (χ4v) is 3.17. The van der Waals surface area contributed by atoms with Gasteiger partial charge in [0.05, 0.1) is 24.2 Å². The highest BCUT2D eigenvalue weighted by molar-refractivity contribution is 9.10. The van der Waals surface area contributed by atoms with Crippen molar-refractivity contribution in [1.82, 2.24) is 9.66 Å². The fourth-order valence-electron chi connectivity index (χ4n) is 2.81. The Bertz CT molecular complexity index is 1040. The number of aromatic nitrogens is 2. The van der Waals surface area contributed by atoms with E-state index in [0.717, 1.165) is 27.8 Å². The van der Waals surface area contributed by atoms with E-state index in [1.807, 2.05) is 37.3 Å². The van der Waals surface area contributed by atoms with Crippen molar-refractivity contribution < 1.29 is 4.74 Å². The van der Waals surface area contributed by atoms with Crippen molar-refractivity contribution in [2.24, 2.45) is 5.10 Å². The van der Waals surface area contributed by atoms with Crippen LogP contribution < -0.4 is 10.3 Å². The lowest BCUT2D eigenvalue weighted by atomic mass is 10.1. The van der Waals surface area contributed by atoms with Crippen molar-refractivity contribution in [3.05, 3.63) is 68.2 Å². The summed E-state index contributed by atoms with van der Waals surface area (Å²) in [5.41, 5.74) is 2.43. The molecule has 0 bridgehead atoms. The molecule has 0 amide bonds. The number of methoxy groups -OCH3 is 1. The summed E-state index contributed by atoms with van der Waals surface area (Å²) in [6, 6.07) is 11.3. The Kier molecular flexibility index (Phi) is 5.52. The minimum absolute atomic E-state index is 0.166. The number of hydrogen-bond acceptors (Lipinski definition) is 4. The zero-order chi connectivity index (χ0) is 18.7. The number of halogens is 1. The SMILES string of the molecule is CCCc1nc2ccc(Br)cc2c(=O)n1N=Cc1ccc(OC)c(C)c1. The molecular formula is C20H20BrN3O2. The lowest BCUT2D eigenvalue weighted by Gasteiger charge is -2.09. The first-order chi connectivity index (χ1) is 12.5. The third-order valence-corrected chi connectivity index (χ3v) is 4.58. The average Bonchev–Trinajstić information content (AvgIpc) is 2.62. The maximum atomic E-state index is 12.9. The van der Waals surface area contributed by atoms with E-state index in [-0.39, 0.29) is 5.56 Å². The maximum Gasteiger partial charge on any atom is 0.282 e. The number of hydrogen-bond donors (Lipinski definition) is 0. The molecule has 0 aliphatic heterocycles. The van der Waals surface area contributed by atoms with Crippen molar-refractivity contribution in [1.29, 1.82) is 0 Å². The molecule has 26 heavy (non-hydrogen) atoms. The van der Waals surface area contributed by atoms with Gasteiger partial charge in [0.15, 0.2) is 0 Å². The standard InChI is InChI=1S/C20H20BrN3O2/c1-4-5-19-23-17-8-7-15(21)11-16(17)20(25)24(19)22-12-14-6-9-18(26-3)13(2)10-14/h6-12H,4-5H2,1-3H3. The molecule has 0 N–H and O–H groups in total. The average molecular weight is 414 g/mol. The van der Waals surface area contributed by atoms with E-state index in [4.69, 9.17) is 4.74 Å². The van der Waals surface area contributed by atoms with E-state index in [9.17, 15) is 4.79 Å². The van der Waals surface area contributed by atoms with E-state index in [1.165, 1.54) is 4.68 Å². The van der Waals surface area contributed by atoms with Gasteiger partial charge in [-0.3, -0.25) is 4.79 Å². The van der Waals surface area contributed by atoms with Crippen LogP contribution in [0.3, 0.4) is 0 Å². The predicted molar refractivity (Wildman–Crippen MR) is 108 cm³/mol. The van der Waals surface area contributed by atoms with Crippen molar-refractivity contribution in [2.45, 2.75) is 26.7 Å². The van der Waals surface area contributed by atoms with Crippen LogP contribution in [0.4, 0.5) is 0 Å². The van der Waals surface area contributed by atoms with E-state index in [0.29, 0.717) is 23.1 Å². The van der Waals surface area contributed by atoms with Gasteiger partial charge in [0, 0.05) is 10.9 Å². The Hall–Kier alpha value is -2.47. The topological polar surface area (TPSA) is 56.5 Å². The van der Waals surface area contributed by atoms with E-state index < -0.39 is 0 Å². The van der Waals surface area contributed by atoms with E-state index >= 15 is 0 Å². The molecule has 0 fully saturated rings. The van der Waals surface area contributed by atoms with Gasteiger partial charge in [0.1, 0.15) is 11.6 Å². The Morgan fingerprint density at radius 1 is 1.27 bits per heavy atom. The Morgan fingerprint density at radius 2 is 2.08 bits per heavy atom. The Morgan fingerprint density at radius 3 is 2.77 bits per heavy atom. The van der Waals surface area contributed by atoms with Gasteiger partial charge in [-0.25, -0.2) is 4.98 Å². The molecule has 2 aromatic carbocycles. The minimum Gasteiger partial charge on any atom is -0.496 e. The summed E-state index contributed by atoms with van der Waals surface area (Å²) in [5, 5.41) is 4.98. The van der Waals surface area contributed by atoms with Gasteiger partial charge in [-0.1, -0.05) is 22.9 Å². The Balaban J connectivity index is 2.10. The van der Waals surface area contributed by atoms with Gasteiger partial charge in [0.25, 0.3) is 5.56 Å². The highest BCUT2D eigenvalue weighted by atomic mass is 79.9. The predicted octanol–water partition coefficient (Wildman–Crippen LogP) is 4.31. The van der Waals surface area contributed by atoms with Gasteiger partial charge in [-0.15, -0.1) is 0 Å². The summed E-state index contributed by atoms with van der Waals surface area (Å²) in [4.78, 5) is 17.6. The van der Waals surface area contributed by atoms with Gasteiger partial charge in [-0.2, -0.15) is 9.78 Å². The fraction of sp³-hybridized carbons (Fsp3) is 0.250. The molecule has 0 radical (unpaired) electrons. The van der Waals surface area contributed by atoms with Crippen LogP contribution in [0.25, 0.3) is 10.9 Å². The molecule has 5 nitrogen and oxygen atoms in total. The maximum absolute atomic E-state index is 12.9. The molecule has 0 saturated carbocycles. The minimum atomic E-state index is -0.166. The number of nitrogens with zero attached hydrogens (tertiary/aromatic N) is 3. The second-order valence-corrected chi connectivity index (χ2v) is 6.95. The number of benzene rings is 2. The second kappa shape index (κ2) is 7.83. The van der Waals surface area contributed by atoms with Crippen molar-refractivity contribution >= 4 is 33.0 Å².